The van der Waals surface area contributed by atoms with Crippen LogP contribution in [0.3, 0.4) is 0 Å². The number of carbonyl (C=O) groups excluding carboxylic acids is 1. The SMILES string of the molecule is CC(C)OP(=O)(CN1CCN(C(=O)O[C@H]2CC[C@@]3(C)C(CCC4C3CC[C@]3(C)[C@@H](c5ccc(=O)oc5)CC[C@]43O)C2)CC1)OC(C)C. The second-order valence-corrected chi connectivity index (χ2v) is 18.2. The Kier molecular flexibility index (Phi) is 9.87. The minimum Gasteiger partial charge on any atom is -0.446 e. The number of hydrogen-bond acceptors (Lipinski definition) is 9. The van der Waals surface area contributed by atoms with E-state index in [9.17, 15) is 19.3 Å². The average molecular weight is 677 g/mol. The molecular formula is C36H57N2O8P. The molecular weight excluding hydrogens is 619 g/mol. The molecule has 264 valence electrons. The molecule has 10 nitrogen and oxygen atoms in total. The zero-order valence-corrected chi connectivity index (χ0v) is 30.2. The fourth-order valence-electron chi connectivity index (χ4n) is 10.7. The molecule has 1 aliphatic heterocycles. The van der Waals surface area contributed by atoms with Crippen molar-refractivity contribution in [2.75, 3.05) is 32.5 Å². The van der Waals surface area contributed by atoms with Crippen LogP contribution in [0.2, 0.25) is 0 Å². The zero-order chi connectivity index (χ0) is 33.8. The lowest BCUT2D eigenvalue weighted by Crippen LogP contribution is -2.62. The molecule has 0 radical (unpaired) electrons. The van der Waals surface area contributed by atoms with E-state index in [4.69, 9.17) is 18.2 Å². The number of amides is 1. The molecule has 4 aliphatic carbocycles. The van der Waals surface area contributed by atoms with E-state index in [1.807, 2.05) is 33.8 Å². The topological polar surface area (TPSA) is 119 Å². The van der Waals surface area contributed by atoms with Crippen molar-refractivity contribution in [2.45, 2.75) is 129 Å². The van der Waals surface area contributed by atoms with Crippen molar-refractivity contribution < 1.29 is 32.7 Å². The quantitative estimate of drug-likeness (QED) is 0.290. The standard InChI is InChI=1S/C36H57N2O8P/c1-24(2)45-47(42,46-25(3)4)23-37-17-19-38(20-18-37)33(40)44-28-11-14-34(5)27(21-28)8-9-31-30(34)12-15-35(6)29(13-16-36(31,35)41)26-7-10-32(39)43-22-26/h7,10,22,24-25,27-31,41H,8-9,11-21,23H2,1-6H3/t27?,28-,29+,30?,31?,34-,35+,36-/m0/s1. The Balaban J connectivity index is 1.04. The average Bonchev–Trinajstić information content (AvgIpc) is 3.28. The van der Waals surface area contributed by atoms with Crippen molar-refractivity contribution in [3.8, 4) is 0 Å². The lowest BCUT2D eigenvalue weighted by atomic mass is 9.43. The van der Waals surface area contributed by atoms with Crippen LogP contribution < -0.4 is 5.63 Å². The molecule has 3 unspecified atom stereocenters. The molecule has 1 saturated heterocycles. The summed E-state index contributed by atoms with van der Waals surface area (Å²) in [6.07, 6.45) is 9.64. The molecule has 4 saturated carbocycles. The van der Waals surface area contributed by atoms with Crippen molar-refractivity contribution in [1.82, 2.24) is 9.80 Å². The predicted molar refractivity (Wildman–Crippen MR) is 179 cm³/mol. The maximum Gasteiger partial charge on any atom is 0.410 e. The maximum atomic E-state index is 13.4. The number of hydrogen-bond donors (Lipinski definition) is 1. The lowest BCUT2D eigenvalue weighted by molar-refractivity contribution is -0.205. The van der Waals surface area contributed by atoms with Crippen molar-refractivity contribution in [3.05, 3.63) is 34.4 Å². The number of aliphatic hydroxyl groups is 1. The van der Waals surface area contributed by atoms with E-state index in [0.29, 0.717) is 38.0 Å². The summed E-state index contributed by atoms with van der Waals surface area (Å²) in [7, 11) is -3.28. The van der Waals surface area contributed by atoms with Crippen LogP contribution in [0.5, 0.6) is 0 Å². The summed E-state index contributed by atoms with van der Waals surface area (Å²) < 4.78 is 36.2. The van der Waals surface area contributed by atoms with Gasteiger partial charge >= 0.3 is 19.3 Å². The molecule has 1 amide bonds. The molecule has 6 rings (SSSR count). The summed E-state index contributed by atoms with van der Waals surface area (Å²) in [6.45, 7) is 14.4. The number of rotatable bonds is 8. The van der Waals surface area contributed by atoms with Crippen LogP contribution in [0, 0.1) is 28.6 Å². The van der Waals surface area contributed by atoms with E-state index >= 15 is 0 Å². The molecule has 8 atom stereocenters. The molecule has 2 heterocycles. The van der Waals surface area contributed by atoms with Gasteiger partial charge in [-0.05, 0) is 126 Å². The molecule has 0 spiro atoms. The van der Waals surface area contributed by atoms with E-state index in [1.54, 1.807) is 11.2 Å². The second kappa shape index (κ2) is 13.2. The monoisotopic (exact) mass is 676 g/mol. The maximum absolute atomic E-state index is 13.4. The summed E-state index contributed by atoms with van der Waals surface area (Å²) in [5.41, 5.74) is -0.153. The third kappa shape index (κ3) is 6.63. The molecule has 1 aromatic rings. The highest BCUT2D eigenvalue weighted by atomic mass is 31.2. The van der Waals surface area contributed by atoms with Gasteiger partial charge in [0.15, 0.2) is 0 Å². The first-order chi connectivity index (χ1) is 22.2. The Hall–Kier alpha value is -1.71. The van der Waals surface area contributed by atoms with Crippen LogP contribution >= 0.6 is 7.60 Å². The summed E-state index contributed by atoms with van der Waals surface area (Å²) in [6, 6.07) is 3.40. The highest BCUT2D eigenvalue weighted by Crippen LogP contribution is 2.70. The summed E-state index contributed by atoms with van der Waals surface area (Å²) in [5.74, 6) is 1.36. The van der Waals surface area contributed by atoms with Gasteiger partial charge in [0, 0.05) is 37.7 Å². The molecule has 5 fully saturated rings. The van der Waals surface area contributed by atoms with E-state index < -0.39 is 13.2 Å². The predicted octanol–water partition coefficient (Wildman–Crippen LogP) is 7.00. The minimum atomic E-state index is -3.28. The van der Waals surface area contributed by atoms with Gasteiger partial charge in [-0.15, -0.1) is 0 Å². The van der Waals surface area contributed by atoms with E-state index in [0.717, 1.165) is 63.4 Å². The first-order valence-electron chi connectivity index (χ1n) is 18.1. The molecule has 0 bridgehead atoms. The van der Waals surface area contributed by atoms with Gasteiger partial charge in [0.1, 0.15) is 12.4 Å². The van der Waals surface area contributed by atoms with Gasteiger partial charge in [-0.3, -0.25) is 9.46 Å². The lowest BCUT2D eigenvalue weighted by Gasteiger charge is -2.63. The molecule has 1 N–H and O–H groups in total. The Morgan fingerprint density at radius 1 is 0.957 bits per heavy atom. The smallest absolute Gasteiger partial charge is 0.410 e. The van der Waals surface area contributed by atoms with Crippen molar-refractivity contribution in [3.63, 3.8) is 0 Å². The van der Waals surface area contributed by atoms with Crippen LogP contribution in [-0.4, -0.2) is 77.4 Å². The number of fused-ring (bicyclic) bond motifs is 5. The van der Waals surface area contributed by atoms with E-state index in [2.05, 4.69) is 18.7 Å². The first-order valence-corrected chi connectivity index (χ1v) is 19.8. The van der Waals surface area contributed by atoms with Gasteiger partial charge in [-0.2, -0.15) is 0 Å². The first kappa shape index (κ1) is 35.1. The van der Waals surface area contributed by atoms with Crippen LogP contribution in [0.4, 0.5) is 4.79 Å². The van der Waals surface area contributed by atoms with Crippen molar-refractivity contribution in [1.29, 1.82) is 0 Å². The van der Waals surface area contributed by atoms with Crippen LogP contribution in [0.15, 0.2) is 27.6 Å². The van der Waals surface area contributed by atoms with Crippen LogP contribution in [0.25, 0.3) is 0 Å². The Bertz CT molecular complexity index is 1360. The van der Waals surface area contributed by atoms with Crippen LogP contribution in [0.1, 0.15) is 111 Å². The van der Waals surface area contributed by atoms with Crippen molar-refractivity contribution >= 4 is 13.7 Å². The molecule has 11 heteroatoms. The number of carbonyl (C=O) groups is 1. The van der Waals surface area contributed by atoms with Gasteiger partial charge in [-0.25, -0.2) is 9.59 Å². The number of piperazine rings is 1. The number of nitrogens with zero attached hydrogens (tertiary/aromatic N) is 2. The van der Waals surface area contributed by atoms with Gasteiger partial charge in [0.2, 0.25) is 0 Å². The highest BCUT2D eigenvalue weighted by molar-refractivity contribution is 7.53. The Labute approximate surface area is 280 Å². The molecule has 0 aromatic carbocycles. The third-order valence-corrected chi connectivity index (χ3v) is 15.2. The third-order valence-electron chi connectivity index (χ3n) is 12.9. The van der Waals surface area contributed by atoms with Crippen molar-refractivity contribution in [2.24, 2.45) is 28.6 Å². The highest BCUT2D eigenvalue weighted by Gasteiger charge is 2.67. The largest absolute Gasteiger partial charge is 0.446 e. The van der Waals surface area contributed by atoms with Gasteiger partial charge < -0.3 is 28.2 Å². The zero-order valence-electron chi connectivity index (χ0n) is 29.3. The number of ether oxygens (including phenoxy) is 1. The summed E-state index contributed by atoms with van der Waals surface area (Å²) in [4.78, 5) is 28.8. The fourth-order valence-corrected chi connectivity index (χ4v) is 12.9. The summed E-state index contributed by atoms with van der Waals surface area (Å²) >= 11 is 0. The fraction of sp³-hybridized carbons (Fsp3) is 0.833. The molecule has 1 aromatic heterocycles. The minimum absolute atomic E-state index is 0.0882. The molecule has 5 aliphatic rings. The second-order valence-electron chi connectivity index (χ2n) is 16.3. The van der Waals surface area contributed by atoms with E-state index in [1.165, 1.54) is 6.07 Å². The molecule has 47 heavy (non-hydrogen) atoms. The van der Waals surface area contributed by atoms with Crippen LogP contribution in [-0.2, 0) is 18.3 Å². The van der Waals surface area contributed by atoms with E-state index in [-0.39, 0.29) is 59.0 Å². The summed E-state index contributed by atoms with van der Waals surface area (Å²) in [5, 5.41) is 12.5. The van der Waals surface area contributed by atoms with Gasteiger partial charge in [0.05, 0.1) is 24.1 Å². The normalized spacial score (nSPS) is 37.8. The Morgan fingerprint density at radius 3 is 2.30 bits per heavy atom. The van der Waals surface area contributed by atoms with Gasteiger partial charge in [-0.1, -0.05) is 13.8 Å². The van der Waals surface area contributed by atoms with Gasteiger partial charge in [0.25, 0.3) is 0 Å². The Morgan fingerprint density at radius 2 is 1.66 bits per heavy atom.